The Hall–Kier alpha value is -0.790. The number of rotatable bonds is 5. The highest BCUT2D eigenvalue weighted by Crippen LogP contribution is 2.30. The second kappa shape index (κ2) is 7.12. The van der Waals surface area contributed by atoms with Gasteiger partial charge in [-0.3, -0.25) is 0 Å². The zero-order valence-electron chi connectivity index (χ0n) is 9.65. The summed E-state index contributed by atoms with van der Waals surface area (Å²) in [6.07, 6.45) is 1.26. The van der Waals surface area contributed by atoms with Crippen molar-refractivity contribution >= 4 is 39.0 Å². The van der Waals surface area contributed by atoms with Gasteiger partial charge in [-0.25, -0.2) is 9.97 Å². The summed E-state index contributed by atoms with van der Waals surface area (Å²) in [6.45, 7) is 0. The molecule has 0 unspecified atom stereocenters. The summed E-state index contributed by atoms with van der Waals surface area (Å²) in [5.41, 5.74) is 0.848. The van der Waals surface area contributed by atoms with Gasteiger partial charge in [0.1, 0.15) is 0 Å². The van der Waals surface area contributed by atoms with Crippen LogP contribution in [0, 0.1) is 0 Å². The van der Waals surface area contributed by atoms with Crippen LogP contribution in [0.1, 0.15) is 6.42 Å². The van der Waals surface area contributed by atoms with Gasteiger partial charge in [-0.05, 0) is 46.6 Å². The Labute approximate surface area is 126 Å². The van der Waals surface area contributed by atoms with E-state index < -0.39 is 6.08 Å². The van der Waals surface area contributed by atoms with Gasteiger partial charge in [0, 0.05) is 11.9 Å². The van der Waals surface area contributed by atoms with E-state index in [1.54, 1.807) is 17.5 Å². The van der Waals surface area contributed by atoms with Crippen LogP contribution in [0.2, 0.25) is 0 Å². The van der Waals surface area contributed by atoms with Crippen molar-refractivity contribution in [2.45, 2.75) is 11.6 Å². The Bertz CT molecular complexity index is 583. The highest BCUT2D eigenvalue weighted by Gasteiger charge is 2.05. The summed E-state index contributed by atoms with van der Waals surface area (Å²) in [5, 5.41) is 0.606. The van der Waals surface area contributed by atoms with Crippen molar-refractivity contribution in [3.8, 4) is 10.6 Å². The molecule has 0 amide bonds. The van der Waals surface area contributed by atoms with Crippen LogP contribution < -0.4 is 0 Å². The maximum absolute atomic E-state index is 11.9. The Morgan fingerprint density at radius 2 is 2.21 bits per heavy atom. The molecule has 0 aliphatic heterocycles. The number of halogens is 3. The zero-order chi connectivity index (χ0) is 13.7. The molecular formula is C12H9BrF2N2S2. The number of aromatic nitrogens is 2. The minimum atomic E-state index is -1.64. The minimum absolute atomic E-state index is 0.311. The van der Waals surface area contributed by atoms with E-state index in [0.29, 0.717) is 17.3 Å². The van der Waals surface area contributed by atoms with Crippen LogP contribution in [0.5, 0.6) is 0 Å². The minimum Gasteiger partial charge on any atom is -0.231 e. The molecule has 100 valence electrons. The van der Waals surface area contributed by atoms with E-state index in [-0.39, 0.29) is 0 Å². The van der Waals surface area contributed by atoms with E-state index in [9.17, 15) is 8.78 Å². The van der Waals surface area contributed by atoms with E-state index in [0.717, 1.165) is 20.4 Å². The summed E-state index contributed by atoms with van der Waals surface area (Å²) in [5.74, 6) is 0.537. The fourth-order valence-corrected chi connectivity index (χ4v) is 3.39. The van der Waals surface area contributed by atoms with Crippen LogP contribution >= 0.6 is 39.0 Å². The first-order valence-corrected chi connectivity index (χ1v) is 7.97. The molecule has 0 aliphatic carbocycles. The third-order valence-corrected chi connectivity index (χ3v) is 4.65. The summed E-state index contributed by atoms with van der Waals surface area (Å²) >= 11 is 6.37. The van der Waals surface area contributed by atoms with E-state index in [1.807, 2.05) is 18.2 Å². The van der Waals surface area contributed by atoms with Gasteiger partial charge in [0.05, 0.1) is 14.4 Å². The second-order valence-electron chi connectivity index (χ2n) is 3.46. The first kappa shape index (κ1) is 14.6. The van der Waals surface area contributed by atoms with Crippen LogP contribution in [-0.2, 0) is 0 Å². The van der Waals surface area contributed by atoms with Gasteiger partial charge in [0.25, 0.3) is 6.08 Å². The lowest BCUT2D eigenvalue weighted by molar-refractivity contribution is 0.418. The molecule has 19 heavy (non-hydrogen) atoms. The lowest BCUT2D eigenvalue weighted by Gasteiger charge is -2.00. The molecule has 0 saturated carbocycles. The van der Waals surface area contributed by atoms with Gasteiger partial charge < -0.3 is 0 Å². The third kappa shape index (κ3) is 4.67. The van der Waals surface area contributed by atoms with Gasteiger partial charge >= 0.3 is 0 Å². The van der Waals surface area contributed by atoms with Crippen LogP contribution in [0.15, 0.2) is 45.5 Å². The molecule has 0 saturated heterocycles. The lowest BCUT2D eigenvalue weighted by Crippen LogP contribution is -1.89. The largest absolute Gasteiger partial charge is 0.266 e. The molecule has 2 heterocycles. The quantitative estimate of drug-likeness (QED) is 0.413. The molecule has 0 aliphatic rings. The molecule has 2 nitrogen and oxygen atoms in total. The highest BCUT2D eigenvalue weighted by molar-refractivity contribution is 9.11. The third-order valence-electron chi connectivity index (χ3n) is 2.11. The first-order valence-electron chi connectivity index (χ1n) is 5.38. The molecule has 0 fully saturated rings. The normalized spacial score (nSPS) is 10.5. The van der Waals surface area contributed by atoms with Gasteiger partial charge in [-0.2, -0.15) is 8.78 Å². The number of nitrogens with zero attached hydrogens (tertiary/aromatic N) is 2. The Morgan fingerprint density at radius 1 is 1.37 bits per heavy atom. The van der Waals surface area contributed by atoms with Crippen molar-refractivity contribution in [1.29, 1.82) is 0 Å². The average Bonchev–Trinajstić information content (AvgIpc) is 2.82. The van der Waals surface area contributed by atoms with Crippen LogP contribution in [0.3, 0.4) is 0 Å². The van der Waals surface area contributed by atoms with Crippen molar-refractivity contribution in [1.82, 2.24) is 9.97 Å². The van der Waals surface area contributed by atoms with E-state index in [1.165, 1.54) is 11.8 Å². The average molecular weight is 363 g/mol. The van der Waals surface area contributed by atoms with Crippen LogP contribution in [0.4, 0.5) is 8.78 Å². The van der Waals surface area contributed by atoms with Crippen molar-refractivity contribution < 1.29 is 8.78 Å². The summed E-state index contributed by atoms with van der Waals surface area (Å²) < 4.78 is 24.8. The molecule has 0 aromatic carbocycles. The topological polar surface area (TPSA) is 25.8 Å². The molecule has 0 N–H and O–H groups in total. The first-order chi connectivity index (χ1) is 9.15. The molecule has 2 aromatic rings. The van der Waals surface area contributed by atoms with Gasteiger partial charge in [-0.1, -0.05) is 11.8 Å². The number of allylic oxidation sites excluding steroid dienone is 1. The SMILES string of the molecule is FC(F)=CCCSc1nccc(-c2ccc(Br)s2)n1. The number of hydrogen-bond donors (Lipinski definition) is 0. The van der Waals surface area contributed by atoms with E-state index >= 15 is 0 Å². The standard InChI is InChI=1S/C12H9BrF2N2S2/c13-10-4-3-9(19-10)8-5-6-16-12(17-8)18-7-1-2-11(14)15/h2-6H,1,7H2. The number of hydrogen-bond acceptors (Lipinski definition) is 4. The zero-order valence-corrected chi connectivity index (χ0v) is 12.9. The smallest absolute Gasteiger partial charge is 0.231 e. The Balaban J connectivity index is 2.01. The van der Waals surface area contributed by atoms with Crippen LogP contribution in [0.25, 0.3) is 10.6 Å². The maximum Gasteiger partial charge on any atom is 0.266 e. The molecule has 0 atom stereocenters. The Morgan fingerprint density at radius 3 is 2.89 bits per heavy atom. The van der Waals surface area contributed by atoms with Gasteiger partial charge in [0.15, 0.2) is 5.16 Å². The fourth-order valence-electron chi connectivity index (χ4n) is 1.32. The molecule has 2 aromatic heterocycles. The van der Waals surface area contributed by atoms with Crippen molar-refractivity contribution in [2.24, 2.45) is 0 Å². The van der Waals surface area contributed by atoms with E-state index in [2.05, 4.69) is 25.9 Å². The van der Waals surface area contributed by atoms with Crippen LogP contribution in [-0.4, -0.2) is 15.7 Å². The molecule has 7 heteroatoms. The second-order valence-corrected chi connectivity index (χ2v) is 6.98. The monoisotopic (exact) mass is 362 g/mol. The van der Waals surface area contributed by atoms with Crippen molar-refractivity contribution in [3.05, 3.63) is 40.3 Å². The van der Waals surface area contributed by atoms with E-state index in [4.69, 9.17) is 0 Å². The summed E-state index contributed by atoms with van der Waals surface area (Å²) in [7, 11) is 0. The number of thiophene rings is 1. The van der Waals surface area contributed by atoms with Crippen molar-refractivity contribution in [2.75, 3.05) is 5.75 Å². The fraction of sp³-hybridized carbons (Fsp3) is 0.167. The predicted molar refractivity (Wildman–Crippen MR) is 78.7 cm³/mol. The Kier molecular flexibility index (Phi) is 5.47. The summed E-state index contributed by atoms with van der Waals surface area (Å²) in [6, 6.07) is 5.78. The molecule has 2 rings (SSSR count). The molecule has 0 radical (unpaired) electrons. The van der Waals surface area contributed by atoms with Gasteiger partial charge in [-0.15, -0.1) is 11.3 Å². The lowest BCUT2D eigenvalue weighted by atomic mass is 10.3. The molecule has 0 bridgehead atoms. The summed E-state index contributed by atoms with van der Waals surface area (Å²) in [4.78, 5) is 9.58. The highest BCUT2D eigenvalue weighted by atomic mass is 79.9. The number of thioether (sulfide) groups is 1. The van der Waals surface area contributed by atoms with Crippen molar-refractivity contribution in [3.63, 3.8) is 0 Å². The molecular weight excluding hydrogens is 354 g/mol. The predicted octanol–water partition coefficient (Wildman–Crippen LogP) is 5.23. The van der Waals surface area contributed by atoms with Gasteiger partial charge in [0.2, 0.25) is 0 Å². The maximum atomic E-state index is 11.9. The molecule has 0 spiro atoms.